The summed E-state index contributed by atoms with van der Waals surface area (Å²) in [6.07, 6.45) is 7.41. The fraction of sp³-hybridized carbons (Fsp3) is 0.889. The van der Waals surface area contributed by atoms with Crippen LogP contribution in [-0.4, -0.2) is 11.9 Å². The smallest absolute Gasteiger partial charge is 0.313 e. The highest BCUT2D eigenvalue weighted by atomic mass is 35.5. The molecule has 0 aromatic heterocycles. The Morgan fingerprint density at radius 2 is 1.75 bits per heavy atom. The second-order valence-corrected chi connectivity index (χ2v) is 3.31. The molecular formula is C9H18ClNO. The Hall–Kier alpha value is -0.240. The SMILES string of the molecule is CCCCCCCCNC(=O)Cl. The molecule has 0 radical (unpaired) electrons. The molecule has 12 heavy (non-hydrogen) atoms. The summed E-state index contributed by atoms with van der Waals surface area (Å²) in [7, 11) is 0. The molecule has 0 aliphatic heterocycles. The summed E-state index contributed by atoms with van der Waals surface area (Å²) in [5.74, 6) is 0. The van der Waals surface area contributed by atoms with Crippen molar-refractivity contribution in [2.24, 2.45) is 0 Å². The standard InChI is InChI=1S/C9H18ClNO/c1-2-3-4-5-6-7-8-11-9(10)12/h2-8H2,1H3,(H,11,12). The second-order valence-electron chi connectivity index (χ2n) is 2.97. The largest absolute Gasteiger partial charge is 0.343 e. The number of nitrogens with one attached hydrogen (secondary N) is 1. The Morgan fingerprint density at radius 3 is 2.33 bits per heavy atom. The quantitative estimate of drug-likeness (QED) is 0.374. The molecule has 72 valence electrons. The maximum Gasteiger partial charge on any atom is 0.313 e. The number of rotatable bonds is 7. The Labute approximate surface area is 79.7 Å². The van der Waals surface area contributed by atoms with Crippen LogP contribution in [0.1, 0.15) is 45.4 Å². The number of carbonyl (C=O) groups excluding carboxylic acids is 1. The Balaban J connectivity index is 2.86. The summed E-state index contributed by atoms with van der Waals surface area (Å²) < 4.78 is 0. The van der Waals surface area contributed by atoms with Gasteiger partial charge >= 0.3 is 5.37 Å². The van der Waals surface area contributed by atoms with E-state index in [1.54, 1.807) is 0 Å². The zero-order chi connectivity index (χ0) is 9.23. The molecule has 0 heterocycles. The van der Waals surface area contributed by atoms with Crippen LogP contribution in [0.2, 0.25) is 0 Å². The van der Waals surface area contributed by atoms with E-state index in [4.69, 9.17) is 11.6 Å². The highest BCUT2D eigenvalue weighted by Crippen LogP contribution is 2.03. The number of amides is 1. The first-order valence-corrected chi connectivity index (χ1v) is 5.08. The third-order valence-corrected chi connectivity index (χ3v) is 1.93. The van der Waals surface area contributed by atoms with Crippen molar-refractivity contribution in [2.75, 3.05) is 6.54 Å². The van der Waals surface area contributed by atoms with Gasteiger partial charge in [0.1, 0.15) is 0 Å². The van der Waals surface area contributed by atoms with Gasteiger partial charge in [0, 0.05) is 6.54 Å². The van der Waals surface area contributed by atoms with Crippen LogP contribution in [-0.2, 0) is 0 Å². The van der Waals surface area contributed by atoms with Crippen molar-refractivity contribution in [1.82, 2.24) is 5.32 Å². The maximum atomic E-state index is 10.2. The second kappa shape index (κ2) is 8.85. The molecule has 0 aliphatic rings. The number of hydrogen-bond donors (Lipinski definition) is 1. The average molecular weight is 192 g/mol. The van der Waals surface area contributed by atoms with Crippen molar-refractivity contribution in [3.8, 4) is 0 Å². The van der Waals surface area contributed by atoms with Crippen molar-refractivity contribution in [3.05, 3.63) is 0 Å². The lowest BCUT2D eigenvalue weighted by molar-refractivity contribution is 0.259. The normalized spacial score (nSPS) is 9.83. The van der Waals surface area contributed by atoms with Gasteiger partial charge in [0.05, 0.1) is 0 Å². The van der Waals surface area contributed by atoms with Gasteiger partial charge in [-0.15, -0.1) is 0 Å². The summed E-state index contributed by atoms with van der Waals surface area (Å²) >= 11 is 5.09. The van der Waals surface area contributed by atoms with Crippen LogP contribution in [0.4, 0.5) is 4.79 Å². The van der Waals surface area contributed by atoms with Gasteiger partial charge in [-0.2, -0.15) is 0 Å². The van der Waals surface area contributed by atoms with E-state index in [0.29, 0.717) is 6.54 Å². The fourth-order valence-electron chi connectivity index (χ4n) is 1.09. The van der Waals surface area contributed by atoms with E-state index in [9.17, 15) is 4.79 Å². The zero-order valence-electron chi connectivity index (χ0n) is 7.74. The van der Waals surface area contributed by atoms with Gasteiger partial charge in [-0.25, -0.2) is 0 Å². The van der Waals surface area contributed by atoms with E-state index in [0.717, 1.165) is 6.42 Å². The molecule has 0 bridgehead atoms. The minimum Gasteiger partial charge on any atom is -0.343 e. The zero-order valence-corrected chi connectivity index (χ0v) is 8.49. The van der Waals surface area contributed by atoms with E-state index in [1.807, 2.05) is 0 Å². The van der Waals surface area contributed by atoms with Crippen LogP contribution >= 0.6 is 11.6 Å². The molecule has 1 amide bonds. The van der Waals surface area contributed by atoms with Gasteiger partial charge in [-0.3, -0.25) is 4.79 Å². The van der Waals surface area contributed by atoms with Gasteiger partial charge in [0.2, 0.25) is 0 Å². The molecule has 0 rings (SSSR count). The molecule has 0 aromatic rings. The maximum absolute atomic E-state index is 10.2. The van der Waals surface area contributed by atoms with Crippen LogP contribution < -0.4 is 5.32 Å². The van der Waals surface area contributed by atoms with Crippen LogP contribution in [0.25, 0.3) is 0 Å². The summed E-state index contributed by atoms with van der Waals surface area (Å²) in [4.78, 5) is 10.2. The number of carbonyl (C=O) groups is 1. The highest BCUT2D eigenvalue weighted by molar-refractivity contribution is 6.62. The predicted molar refractivity (Wildman–Crippen MR) is 52.6 cm³/mol. The molecule has 3 heteroatoms. The molecule has 0 saturated heterocycles. The predicted octanol–water partition coefficient (Wildman–Crippen LogP) is 3.30. The highest BCUT2D eigenvalue weighted by Gasteiger charge is 1.92. The Bertz CT molecular complexity index is 117. The van der Waals surface area contributed by atoms with Crippen LogP contribution in [0.15, 0.2) is 0 Å². The lowest BCUT2D eigenvalue weighted by Crippen LogP contribution is -2.17. The molecule has 0 aliphatic carbocycles. The van der Waals surface area contributed by atoms with Gasteiger partial charge in [-0.1, -0.05) is 39.0 Å². The van der Waals surface area contributed by atoms with E-state index in [1.165, 1.54) is 32.1 Å². The summed E-state index contributed by atoms with van der Waals surface area (Å²) in [5.41, 5.74) is 0. The minimum absolute atomic E-state index is 0.441. The monoisotopic (exact) mass is 191 g/mol. The van der Waals surface area contributed by atoms with Crippen LogP contribution in [0.3, 0.4) is 0 Å². The summed E-state index contributed by atoms with van der Waals surface area (Å²) in [5, 5.41) is 2.12. The van der Waals surface area contributed by atoms with Crippen molar-refractivity contribution in [3.63, 3.8) is 0 Å². The lowest BCUT2D eigenvalue weighted by atomic mass is 10.1. The van der Waals surface area contributed by atoms with Crippen molar-refractivity contribution in [1.29, 1.82) is 0 Å². The van der Waals surface area contributed by atoms with Crippen molar-refractivity contribution in [2.45, 2.75) is 45.4 Å². The first kappa shape index (κ1) is 11.8. The van der Waals surface area contributed by atoms with Crippen LogP contribution in [0, 0.1) is 0 Å². The minimum atomic E-state index is -0.441. The Morgan fingerprint density at radius 1 is 1.17 bits per heavy atom. The molecular weight excluding hydrogens is 174 g/mol. The van der Waals surface area contributed by atoms with Crippen molar-refractivity contribution < 1.29 is 4.79 Å². The van der Waals surface area contributed by atoms with E-state index < -0.39 is 5.37 Å². The van der Waals surface area contributed by atoms with Gasteiger partial charge < -0.3 is 5.32 Å². The van der Waals surface area contributed by atoms with Crippen LogP contribution in [0.5, 0.6) is 0 Å². The van der Waals surface area contributed by atoms with Crippen molar-refractivity contribution >= 4 is 17.0 Å². The van der Waals surface area contributed by atoms with Gasteiger partial charge in [-0.05, 0) is 18.0 Å². The topological polar surface area (TPSA) is 29.1 Å². The molecule has 1 N–H and O–H groups in total. The molecule has 0 saturated carbocycles. The number of halogens is 1. The molecule has 0 aromatic carbocycles. The third-order valence-electron chi connectivity index (χ3n) is 1.79. The van der Waals surface area contributed by atoms with E-state index in [2.05, 4.69) is 12.2 Å². The summed E-state index contributed by atoms with van der Waals surface area (Å²) in [6.45, 7) is 2.92. The third kappa shape index (κ3) is 9.76. The fourth-order valence-corrected chi connectivity index (χ4v) is 1.19. The number of hydrogen-bond acceptors (Lipinski definition) is 1. The van der Waals surface area contributed by atoms with E-state index >= 15 is 0 Å². The molecule has 0 atom stereocenters. The number of unbranched alkanes of at least 4 members (excludes halogenated alkanes) is 5. The Kier molecular flexibility index (Phi) is 8.68. The van der Waals surface area contributed by atoms with Gasteiger partial charge in [0.15, 0.2) is 0 Å². The molecule has 2 nitrogen and oxygen atoms in total. The van der Waals surface area contributed by atoms with E-state index in [-0.39, 0.29) is 0 Å². The molecule has 0 fully saturated rings. The van der Waals surface area contributed by atoms with Gasteiger partial charge in [0.25, 0.3) is 0 Å². The average Bonchev–Trinajstić information content (AvgIpc) is 2.02. The summed E-state index contributed by atoms with van der Waals surface area (Å²) in [6, 6.07) is 0. The molecule has 0 spiro atoms. The first-order valence-electron chi connectivity index (χ1n) is 4.70. The molecule has 0 unspecified atom stereocenters. The first-order chi connectivity index (χ1) is 5.77. The lowest BCUT2D eigenvalue weighted by Gasteiger charge is -2.00.